The van der Waals surface area contributed by atoms with Gasteiger partial charge in [0.25, 0.3) is 0 Å². The summed E-state index contributed by atoms with van der Waals surface area (Å²) in [6, 6.07) is 0. The van der Waals surface area contributed by atoms with Crippen molar-refractivity contribution in [1.82, 2.24) is 0 Å². The fourth-order valence-corrected chi connectivity index (χ4v) is 0.177. The monoisotopic (exact) mass is 94.1 g/mol. The molecule has 0 heterocycles. The molecule has 38 valence electrons. The van der Waals surface area contributed by atoms with Gasteiger partial charge in [0.05, 0.1) is 0 Å². The van der Waals surface area contributed by atoms with Crippen LogP contribution in [0.1, 0.15) is 6.42 Å². The Balaban J connectivity index is 3.58. The van der Waals surface area contributed by atoms with E-state index in [1.807, 2.05) is 0 Å². The van der Waals surface area contributed by atoms with Gasteiger partial charge in [-0.2, -0.15) is 0 Å². The molecule has 0 aliphatic rings. The van der Waals surface area contributed by atoms with Crippen LogP contribution in [-0.2, 0) is 0 Å². The van der Waals surface area contributed by atoms with Crippen molar-refractivity contribution in [2.75, 3.05) is 0 Å². The zero-order chi connectivity index (χ0) is 5.86. The molecule has 0 atom stereocenters. The summed E-state index contributed by atoms with van der Waals surface area (Å²) in [5.74, 6) is 0. The van der Waals surface area contributed by atoms with Crippen LogP contribution in [0.5, 0.6) is 0 Å². The van der Waals surface area contributed by atoms with Crippen LogP contribution in [0.2, 0.25) is 0 Å². The van der Waals surface area contributed by atoms with E-state index in [-0.39, 0.29) is 0 Å². The van der Waals surface area contributed by atoms with Crippen LogP contribution in [-0.4, -0.2) is 0 Å². The van der Waals surface area contributed by atoms with E-state index < -0.39 is 0 Å². The maximum Gasteiger partial charge on any atom is 0.118 e. The Morgan fingerprint density at radius 1 is 1.57 bits per heavy atom. The van der Waals surface area contributed by atoms with E-state index in [0.29, 0.717) is 6.42 Å². The Hall–Kier alpha value is -0.650. The first-order valence-electron chi connectivity index (χ1n) is 2.16. The van der Waals surface area contributed by atoms with Gasteiger partial charge in [-0.15, -0.1) is 6.42 Å². The van der Waals surface area contributed by atoms with Crippen LogP contribution in [0.4, 0.5) is 0 Å². The van der Waals surface area contributed by atoms with Crippen LogP contribution in [0.25, 0.3) is 0 Å². The molecule has 0 saturated carbocycles. The Kier molecular flexibility index (Phi) is 2.28. The van der Waals surface area contributed by atoms with Crippen molar-refractivity contribution in [3.05, 3.63) is 38.2 Å². The van der Waals surface area contributed by atoms with Crippen molar-refractivity contribution >= 4 is 0 Å². The van der Waals surface area contributed by atoms with Gasteiger partial charge >= 0.3 is 0 Å². The average molecular weight is 94.2 g/mol. The van der Waals surface area contributed by atoms with E-state index >= 15 is 0 Å². The second kappa shape index (κ2) is 2.51. The van der Waals surface area contributed by atoms with Crippen molar-refractivity contribution < 1.29 is 0 Å². The fourth-order valence-electron chi connectivity index (χ4n) is 0.177. The predicted molar refractivity (Wildman–Crippen MR) is 33.6 cm³/mol. The van der Waals surface area contributed by atoms with Crippen molar-refractivity contribution in [3.8, 4) is 0 Å². The average Bonchev–Trinajstić information content (AvgIpc) is 1.65. The normalized spacial score (nSPS) is 8.14. The number of allylic oxidation sites excluding steroid dienone is 2. The van der Waals surface area contributed by atoms with E-state index in [1.165, 1.54) is 0 Å². The standard InChI is InChI=1S/C7H10/c1-5-7(4)6(2)3/h1-5H2. The van der Waals surface area contributed by atoms with Crippen molar-refractivity contribution in [2.24, 2.45) is 0 Å². The zero-order valence-electron chi connectivity index (χ0n) is 4.54. The van der Waals surface area contributed by atoms with Crippen molar-refractivity contribution in [3.63, 3.8) is 0 Å². The quantitative estimate of drug-likeness (QED) is 0.363. The highest BCUT2D eigenvalue weighted by atomic mass is 13.9. The van der Waals surface area contributed by atoms with E-state index in [2.05, 4.69) is 27.0 Å². The van der Waals surface area contributed by atoms with Gasteiger partial charge in [0.2, 0.25) is 0 Å². The molecule has 0 aromatic rings. The minimum Gasteiger partial charge on any atom is -0.327 e. The second-order valence-corrected chi connectivity index (χ2v) is 1.46. The molecule has 0 nitrogen and oxygen atoms in total. The molecule has 0 unspecified atom stereocenters. The van der Waals surface area contributed by atoms with Gasteiger partial charge in [-0.05, 0) is 6.58 Å². The molecule has 0 amide bonds. The summed E-state index contributed by atoms with van der Waals surface area (Å²) in [4.78, 5) is 0. The highest BCUT2D eigenvalue weighted by Crippen LogP contribution is 2.04. The van der Waals surface area contributed by atoms with Crippen LogP contribution >= 0.6 is 0 Å². The van der Waals surface area contributed by atoms with Crippen LogP contribution in [0, 0.1) is 13.8 Å². The molecule has 0 heteroatoms. The first kappa shape index (κ1) is 6.35. The van der Waals surface area contributed by atoms with E-state index in [4.69, 9.17) is 0 Å². The predicted octanol–water partition coefficient (Wildman–Crippen LogP) is 2.16. The molecular weight excluding hydrogens is 84.1 g/mol. The van der Waals surface area contributed by atoms with Crippen LogP contribution in [0.15, 0.2) is 24.3 Å². The smallest absolute Gasteiger partial charge is 0.118 e. The molecule has 0 spiro atoms. The lowest BCUT2D eigenvalue weighted by molar-refractivity contribution is 1.27. The SMILES string of the molecule is C=C([CH2+])C(=C)C[CH2-]. The lowest BCUT2D eigenvalue weighted by atomic mass is 10.1. The maximum atomic E-state index is 3.65. The molecule has 0 aliphatic carbocycles. The van der Waals surface area contributed by atoms with Gasteiger partial charge in [-0.1, -0.05) is 0 Å². The summed E-state index contributed by atoms with van der Waals surface area (Å²) in [5.41, 5.74) is 1.72. The van der Waals surface area contributed by atoms with Crippen LogP contribution in [0.3, 0.4) is 0 Å². The third-order valence-corrected chi connectivity index (χ3v) is 0.802. The molecule has 0 radical (unpaired) electrons. The molecule has 0 fully saturated rings. The van der Waals surface area contributed by atoms with Crippen molar-refractivity contribution in [1.29, 1.82) is 0 Å². The van der Waals surface area contributed by atoms with Gasteiger partial charge in [0, 0.05) is 19.1 Å². The summed E-state index contributed by atoms with van der Waals surface area (Å²) < 4.78 is 0. The lowest BCUT2D eigenvalue weighted by Gasteiger charge is -1.91. The number of rotatable bonds is 2. The summed E-state index contributed by atoms with van der Waals surface area (Å²) in [6.45, 7) is 14.4. The topological polar surface area (TPSA) is 0 Å². The van der Waals surface area contributed by atoms with Gasteiger partial charge < -0.3 is 6.92 Å². The lowest BCUT2D eigenvalue weighted by Crippen LogP contribution is -1.75. The Bertz CT molecular complexity index is 88.2. The fraction of sp³-hybridized carbons (Fsp3) is 0.143. The molecule has 0 bridgehead atoms. The summed E-state index contributed by atoms with van der Waals surface area (Å²) in [6.07, 6.45) is 0.711. The largest absolute Gasteiger partial charge is 0.327 e. The zero-order valence-corrected chi connectivity index (χ0v) is 4.54. The van der Waals surface area contributed by atoms with Gasteiger partial charge in [-0.25, -0.2) is 0 Å². The minimum absolute atomic E-state index is 0.711. The number of hydrogen-bond acceptors (Lipinski definition) is 0. The van der Waals surface area contributed by atoms with Gasteiger partial charge in [0.15, 0.2) is 0 Å². The van der Waals surface area contributed by atoms with Gasteiger partial charge in [-0.3, -0.25) is 0 Å². The summed E-state index contributed by atoms with van der Waals surface area (Å²) in [5, 5.41) is 0. The highest BCUT2D eigenvalue weighted by Gasteiger charge is 1.91. The maximum absolute atomic E-state index is 3.65. The first-order valence-corrected chi connectivity index (χ1v) is 2.16. The third-order valence-electron chi connectivity index (χ3n) is 0.802. The second-order valence-electron chi connectivity index (χ2n) is 1.46. The van der Waals surface area contributed by atoms with E-state index in [0.717, 1.165) is 11.1 Å². The van der Waals surface area contributed by atoms with E-state index in [9.17, 15) is 0 Å². The minimum atomic E-state index is 0.711. The Labute approximate surface area is 45.5 Å². The highest BCUT2D eigenvalue weighted by molar-refractivity contribution is 5.27. The number of hydrogen-bond donors (Lipinski definition) is 0. The van der Waals surface area contributed by atoms with E-state index in [1.54, 1.807) is 0 Å². The molecule has 0 aromatic heterocycles. The van der Waals surface area contributed by atoms with Crippen molar-refractivity contribution in [2.45, 2.75) is 6.42 Å². The molecule has 0 N–H and O–H groups in total. The third kappa shape index (κ3) is 2.10. The molecule has 0 saturated heterocycles. The molecule has 0 aromatic carbocycles. The molecule has 7 heavy (non-hydrogen) atoms. The Morgan fingerprint density at radius 3 is 2.00 bits per heavy atom. The van der Waals surface area contributed by atoms with Gasteiger partial charge in [0.1, 0.15) is 5.57 Å². The summed E-state index contributed by atoms with van der Waals surface area (Å²) >= 11 is 0. The van der Waals surface area contributed by atoms with Crippen LogP contribution < -0.4 is 0 Å². The molecule has 0 aliphatic heterocycles. The molecular formula is C7H10. The first-order chi connectivity index (χ1) is 3.18. The molecule has 0 rings (SSSR count). The Morgan fingerprint density at radius 2 is 2.00 bits per heavy atom. The summed E-state index contributed by atoms with van der Waals surface area (Å²) in [7, 11) is 0.